The van der Waals surface area contributed by atoms with Crippen LogP contribution in [0.3, 0.4) is 0 Å². The quantitative estimate of drug-likeness (QED) is 0.250. The number of imide groups is 1. The van der Waals surface area contributed by atoms with Crippen LogP contribution in [0.5, 0.6) is 5.75 Å². The topological polar surface area (TPSA) is 134 Å². The maximum absolute atomic E-state index is 14.1. The summed E-state index contributed by atoms with van der Waals surface area (Å²) in [4.78, 5) is 53.1. The molecule has 13 heteroatoms. The molecular formula is C29H19F3N4O6. The van der Waals surface area contributed by atoms with E-state index in [4.69, 9.17) is 4.74 Å². The minimum absolute atomic E-state index is 0.0311. The Hall–Kier alpha value is -5.51. The fourth-order valence-electron chi connectivity index (χ4n) is 4.96. The Balaban J connectivity index is 1.67. The number of halogens is 3. The van der Waals surface area contributed by atoms with Crippen LogP contribution in [-0.4, -0.2) is 27.7 Å². The molecule has 1 unspecified atom stereocenters. The highest BCUT2D eigenvalue weighted by Gasteiger charge is 2.48. The van der Waals surface area contributed by atoms with Crippen LogP contribution in [0.25, 0.3) is 0 Å². The number of carbonyl (C=O) groups excluding carboxylic acids is 3. The van der Waals surface area contributed by atoms with Crippen molar-refractivity contribution in [1.82, 2.24) is 4.90 Å². The molecule has 0 saturated heterocycles. The van der Waals surface area contributed by atoms with E-state index in [9.17, 15) is 42.9 Å². The van der Waals surface area contributed by atoms with E-state index in [2.05, 4.69) is 0 Å². The van der Waals surface area contributed by atoms with Crippen molar-refractivity contribution in [2.45, 2.75) is 31.5 Å². The number of alkyl halides is 3. The lowest BCUT2D eigenvalue weighted by Crippen LogP contribution is -2.55. The molecule has 1 aliphatic heterocycles. The van der Waals surface area contributed by atoms with E-state index >= 15 is 0 Å². The molecular weight excluding hydrogens is 557 g/mol. The van der Waals surface area contributed by atoms with E-state index in [1.54, 1.807) is 0 Å². The summed E-state index contributed by atoms with van der Waals surface area (Å²) in [7, 11) is 0. The predicted octanol–water partition coefficient (Wildman–Crippen LogP) is 6.67. The third-order valence-electron chi connectivity index (χ3n) is 6.86. The van der Waals surface area contributed by atoms with Gasteiger partial charge in [-0.25, -0.2) is 14.5 Å². The van der Waals surface area contributed by atoms with Gasteiger partial charge in [0, 0.05) is 29.8 Å². The molecule has 0 spiro atoms. The van der Waals surface area contributed by atoms with Gasteiger partial charge in [-0.05, 0) is 60.9 Å². The SMILES string of the molecule is N#Cc1ccc(C2C3=C(CCCC3=O)N(c3cccc(C(F)(F)F)c3)C(=O)N2C(=O)Oc2ccc([N+](=O)[O-])cc2)cc1. The van der Waals surface area contributed by atoms with Crippen molar-refractivity contribution in [2.75, 3.05) is 4.90 Å². The van der Waals surface area contributed by atoms with E-state index in [0.29, 0.717) is 11.3 Å². The number of nitro groups is 1. The Labute approximate surface area is 236 Å². The van der Waals surface area contributed by atoms with Gasteiger partial charge in [0.15, 0.2) is 5.78 Å². The number of anilines is 1. The van der Waals surface area contributed by atoms with Crippen LogP contribution in [-0.2, 0) is 11.0 Å². The molecule has 212 valence electrons. The molecule has 0 radical (unpaired) electrons. The number of amides is 3. The first-order valence-electron chi connectivity index (χ1n) is 12.5. The van der Waals surface area contributed by atoms with Gasteiger partial charge < -0.3 is 4.74 Å². The first-order chi connectivity index (χ1) is 20.0. The molecule has 5 rings (SSSR count). The second kappa shape index (κ2) is 10.8. The zero-order chi connectivity index (χ0) is 30.2. The smallest absolute Gasteiger partial charge is 0.410 e. The molecule has 42 heavy (non-hydrogen) atoms. The first kappa shape index (κ1) is 28.0. The van der Waals surface area contributed by atoms with Crippen molar-refractivity contribution in [3.8, 4) is 11.8 Å². The second-order valence-corrected chi connectivity index (χ2v) is 9.43. The lowest BCUT2D eigenvalue weighted by Gasteiger charge is -2.43. The number of carbonyl (C=O) groups is 3. The molecule has 3 amide bonds. The van der Waals surface area contributed by atoms with Crippen LogP contribution < -0.4 is 9.64 Å². The number of hydrogen-bond acceptors (Lipinski definition) is 7. The first-order valence-corrected chi connectivity index (χ1v) is 12.5. The Morgan fingerprint density at radius 1 is 1.02 bits per heavy atom. The van der Waals surface area contributed by atoms with Crippen molar-refractivity contribution >= 4 is 29.3 Å². The maximum Gasteiger partial charge on any atom is 0.424 e. The average Bonchev–Trinajstić information content (AvgIpc) is 2.96. The van der Waals surface area contributed by atoms with Crippen molar-refractivity contribution in [3.05, 3.63) is 111 Å². The summed E-state index contributed by atoms with van der Waals surface area (Å²) in [5, 5.41) is 20.2. The number of rotatable bonds is 4. The fourth-order valence-corrected chi connectivity index (χ4v) is 4.96. The van der Waals surface area contributed by atoms with Crippen molar-refractivity contribution < 1.29 is 37.2 Å². The summed E-state index contributed by atoms with van der Waals surface area (Å²) in [6, 6.07) is 13.8. The molecule has 3 aromatic carbocycles. The van der Waals surface area contributed by atoms with Crippen molar-refractivity contribution in [2.24, 2.45) is 0 Å². The van der Waals surface area contributed by atoms with Gasteiger partial charge >= 0.3 is 18.3 Å². The molecule has 10 nitrogen and oxygen atoms in total. The molecule has 1 aliphatic carbocycles. The van der Waals surface area contributed by atoms with Crippen LogP contribution in [0.1, 0.15) is 42.0 Å². The third kappa shape index (κ3) is 5.17. The Bertz CT molecular complexity index is 1680. The van der Waals surface area contributed by atoms with E-state index in [0.717, 1.165) is 47.4 Å². The number of benzene rings is 3. The normalized spacial score (nSPS) is 17.0. The number of allylic oxidation sites excluding steroid dienone is 1. The lowest BCUT2D eigenvalue weighted by molar-refractivity contribution is -0.384. The van der Waals surface area contributed by atoms with Gasteiger partial charge in [0.05, 0.1) is 27.8 Å². The Kier molecular flexibility index (Phi) is 7.22. The Morgan fingerprint density at radius 3 is 2.33 bits per heavy atom. The highest BCUT2D eigenvalue weighted by atomic mass is 19.4. The number of ether oxygens (including phenoxy) is 1. The largest absolute Gasteiger partial charge is 0.424 e. The summed E-state index contributed by atoms with van der Waals surface area (Å²) < 4.78 is 46.1. The third-order valence-corrected chi connectivity index (χ3v) is 6.86. The fraction of sp³-hybridized carbons (Fsp3) is 0.172. The molecule has 3 aromatic rings. The Morgan fingerprint density at radius 2 is 1.71 bits per heavy atom. The number of urea groups is 1. The van der Waals surface area contributed by atoms with Crippen LogP contribution in [0, 0.1) is 21.4 Å². The number of non-ortho nitro benzene ring substituents is 1. The van der Waals surface area contributed by atoms with E-state index in [1.807, 2.05) is 6.07 Å². The standard InChI is InChI=1S/C29H19F3N4O6/c30-29(31,32)19-3-1-4-21(15-19)34-23-5-2-6-24(37)25(23)26(18-9-7-17(16-33)8-10-18)35(27(34)38)28(39)42-22-13-11-20(12-14-22)36(40)41/h1,3-4,7-15,26H,2,5-6H2. The molecule has 0 N–H and O–H groups in total. The summed E-state index contributed by atoms with van der Waals surface area (Å²) in [6.45, 7) is 0. The van der Waals surface area contributed by atoms with Gasteiger partial charge in [0.25, 0.3) is 5.69 Å². The predicted molar refractivity (Wildman–Crippen MR) is 140 cm³/mol. The molecule has 1 heterocycles. The zero-order valence-corrected chi connectivity index (χ0v) is 21.5. The molecule has 0 bridgehead atoms. The molecule has 0 fully saturated rings. The number of Topliss-reactive ketones (excluding diaryl/α,β-unsaturated/α-hetero) is 1. The van der Waals surface area contributed by atoms with Gasteiger partial charge in [-0.1, -0.05) is 18.2 Å². The maximum atomic E-state index is 14.1. The number of nitriles is 1. The van der Waals surface area contributed by atoms with Gasteiger partial charge in [-0.3, -0.25) is 19.8 Å². The minimum Gasteiger partial charge on any atom is -0.410 e. The van der Waals surface area contributed by atoms with Gasteiger partial charge in [-0.2, -0.15) is 18.4 Å². The van der Waals surface area contributed by atoms with E-state index < -0.39 is 40.6 Å². The van der Waals surface area contributed by atoms with Gasteiger partial charge in [-0.15, -0.1) is 0 Å². The molecule has 2 aliphatic rings. The number of ketones is 1. The molecule has 0 aromatic heterocycles. The highest BCUT2D eigenvalue weighted by molar-refractivity contribution is 6.11. The van der Waals surface area contributed by atoms with E-state index in [-0.39, 0.29) is 52.4 Å². The van der Waals surface area contributed by atoms with Crippen LogP contribution in [0.4, 0.5) is 34.1 Å². The number of hydrogen-bond donors (Lipinski definition) is 0. The zero-order valence-electron chi connectivity index (χ0n) is 21.5. The second-order valence-electron chi connectivity index (χ2n) is 9.43. The molecule has 0 saturated carbocycles. The van der Waals surface area contributed by atoms with E-state index in [1.165, 1.54) is 30.3 Å². The van der Waals surface area contributed by atoms with Crippen molar-refractivity contribution in [1.29, 1.82) is 5.26 Å². The van der Waals surface area contributed by atoms with Crippen molar-refractivity contribution in [3.63, 3.8) is 0 Å². The number of nitrogens with zero attached hydrogens (tertiary/aromatic N) is 4. The monoisotopic (exact) mass is 576 g/mol. The lowest BCUT2D eigenvalue weighted by atomic mass is 9.83. The summed E-state index contributed by atoms with van der Waals surface area (Å²) in [6.07, 6.45) is -5.44. The summed E-state index contributed by atoms with van der Waals surface area (Å²) >= 11 is 0. The summed E-state index contributed by atoms with van der Waals surface area (Å²) in [5.74, 6) is -0.569. The van der Waals surface area contributed by atoms with Crippen LogP contribution >= 0.6 is 0 Å². The van der Waals surface area contributed by atoms with Gasteiger partial charge in [0.1, 0.15) is 11.8 Å². The van der Waals surface area contributed by atoms with Crippen LogP contribution in [0.15, 0.2) is 84.1 Å². The minimum atomic E-state index is -4.73. The summed E-state index contributed by atoms with van der Waals surface area (Å²) in [5.41, 5.74) is -0.773. The van der Waals surface area contributed by atoms with Crippen LogP contribution in [0.2, 0.25) is 0 Å². The molecule has 1 atom stereocenters. The highest BCUT2D eigenvalue weighted by Crippen LogP contribution is 2.45. The van der Waals surface area contributed by atoms with Gasteiger partial charge in [0.2, 0.25) is 0 Å². The number of nitro benzene ring substituents is 1. The average molecular weight is 576 g/mol.